The number of anilines is 1. The number of nitrogens with one attached hydrogen (secondary N) is 1. The second-order valence-electron chi connectivity index (χ2n) is 7.01. The average Bonchev–Trinajstić information content (AvgIpc) is 3.11. The molecule has 0 spiro atoms. The number of nitro groups is 1. The number of amides is 2. The number of carbonyl (C=O) groups excluding carboxylic acids is 1. The van der Waals surface area contributed by atoms with Gasteiger partial charge in [-0.15, -0.1) is 0 Å². The predicted octanol–water partition coefficient (Wildman–Crippen LogP) is 2.73. The maximum absolute atomic E-state index is 14.0. The summed E-state index contributed by atoms with van der Waals surface area (Å²) >= 11 is 0. The van der Waals surface area contributed by atoms with Crippen LogP contribution in [0.3, 0.4) is 0 Å². The number of benzene rings is 1. The zero-order valence-electron chi connectivity index (χ0n) is 16.0. The minimum atomic E-state index is -0.896. The van der Waals surface area contributed by atoms with Crippen LogP contribution in [0.15, 0.2) is 30.6 Å². The van der Waals surface area contributed by atoms with E-state index in [4.69, 9.17) is 4.74 Å². The van der Waals surface area contributed by atoms with Crippen LogP contribution in [-0.4, -0.2) is 64.5 Å². The summed E-state index contributed by atoms with van der Waals surface area (Å²) in [4.78, 5) is 34.1. The van der Waals surface area contributed by atoms with Gasteiger partial charge in [0.05, 0.1) is 11.0 Å². The van der Waals surface area contributed by atoms with E-state index in [1.807, 2.05) is 14.1 Å². The smallest absolute Gasteiger partial charge is 0.323 e. The molecule has 10 nitrogen and oxygen atoms in total. The molecule has 0 unspecified atom stereocenters. The fraction of sp³-hybridized carbons (Fsp3) is 0.389. The summed E-state index contributed by atoms with van der Waals surface area (Å²) in [7, 11) is 4.00. The molecule has 11 heteroatoms. The Kier molecular flexibility index (Phi) is 6.17. The lowest BCUT2D eigenvalue weighted by atomic mass is 10.1. The first kappa shape index (κ1) is 20.4. The third-order valence-electron chi connectivity index (χ3n) is 4.41. The van der Waals surface area contributed by atoms with Crippen molar-refractivity contribution in [2.24, 2.45) is 5.92 Å². The second kappa shape index (κ2) is 8.78. The van der Waals surface area contributed by atoms with Gasteiger partial charge in [-0.2, -0.15) is 0 Å². The molecule has 1 fully saturated rings. The van der Waals surface area contributed by atoms with E-state index in [1.54, 1.807) is 4.90 Å². The highest BCUT2D eigenvalue weighted by Gasteiger charge is 2.26. The van der Waals surface area contributed by atoms with Gasteiger partial charge in [0.15, 0.2) is 11.6 Å². The largest absolute Gasteiger partial charge is 0.436 e. The third-order valence-corrected chi connectivity index (χ3v) is 4.41. The number of carbonyl (C=O) groups is 1. The Hall–Kier alpha value is -3.34. The van der Waals surface area contributed by atoms with Gasteiger partial charge in [0.25, 0.3) is 5.69 Å². The Morgan fingerprint density at radius 2 is 2.21 bits per heavy atom. The van der Waals surface area contributed by atoms with Crippen molar-refractivity contribution in [3.63, 3.8) is 0 Å². The van der Waals surface area contributed by atoms with Crippen LogP contribution in [0, 0.1) is 21.8 Å². The Bertz CT molecular complexity index is 910. The quantitative estimate of drug-likeness (QED) is 0.582. The van der Waals surface area contributed by atoms with Gasteiger partial charge in [-0.25, -0.2) is 19.2 Å². The van der Waals surface area contributed by atoms with Crippen molar-refractivity contribution in [1.29, 1.82) is 0 Å². The van der Waals surface area contributed by atoms with Crippen LogP contribution in [0.4, 0.5) is 20.7 Å². The fourth-order valence-electron chi connectivity index (χ4n) is 3.13. The van der Waals surface area contributed by atoms with E-state index in [9.17, 15) is 19.3 Å². The van der Waals surface area contributed by atoms with Gasteiger partial charge in [0, 0.05) is 31.8 Å². The number of nitrogens with zero attached hydrogens (tertiary/aromatic N) is 5. The van der Waals surface area contributed by atoms with Crippen molar-refractivity contribution in [2.45, 2.75) is 6.42 Å². The van der Waals surface area contributed by atoms with Gasteiger partial charge < -0.3 is 14.5 Å². The topological polar surface area (TPSA) is 114 Å². The summed E-state index contributed by atoms with van der Waals surface area (Å²) in [5.74, 6) is -0.497. The fourth-order valence-corrected chi connectivity index (χ4v) is 3.13. The molecule has 1 atom stereocenters. The standard InChI is InChI=1S/C18H21FN6O4/c1-23(2)9-12-5-6-24(10-12)18(26)22-16-8-17(21-11-20-16)29-15-4-3-13(25(27)28)7-14(15)19/h3-4,7-8,11-12H,5-6,9-10H2,1-2H3,(H,20,21,22,26)/t12-/m0/s1. The van der Waals surface area contributed by atoms with Crippen LogP contribution >= 0.6 is 0 Å². The number of urea groups is 1. The maximum Gasteiger partial charge on any atom is 0.323 e. The van der Waals surface area contributed by atoms with Crippen molar-refractivity contribution < 1.29 is 18.8 Å². The van der Waals surface area contributed by atoms with Crippen molar-refractivity contribution in [3.8, 4) is 11.6 Å². The van der Waals surface area contributed by atoms with Gasteiger partial charge in [-0.3, -0.25) is 15.4 Å². The molecule has 1 saturated heterocycles. The van der Waals surface area contributed by atoms with E-state index in [0.29, 0.717) is 19.0 Å². The first-order chi connectivity index (χ1) is 13.8. The zero-order chi connectivity index (χ0) is 21.0. The monoisotopic (exact) mass is 404 g/mol. The first-order valence-corrected chi connectivity index (χ1v) is 8.96. The van der Waals surface area contributed by atoms with Gasteiger partial charge >= 0.3 is 6.03 Å². The number of rotatable bonds is 6. The highest BCUT2D eigenvalue weighted by atomic mass is 19.1. The van der Waals surface area contributed by atoms with Crippen LogP contribution in [0.25, 0.3) is 0 Å². The Labute approximate surface area is 166 Å². The molecular weight excluding hydrogens is 383 g/mol. The number of likely N-dealkylation sites (tertiary alicyclic amines) is 1. The molecule has 1 aliphatic rings. The van der Waals surface area contributed by atoms with E-state index in [0.717, 1.165) is 31.2 Å². The van der Waals surface area contributed by atoms with Crippen LogP contribution < -0.4 is 10.1 Å². The molecule has 2 aromatic rings. The van der Waals surface area contributed by atoms with E-state index in [2.05, 4.69) is 20.2 Å². The molecule has 1 aromatic carbocycles. The molecule has 2 amide bonds. The normalized spacial score (nSPS) is 16.1. The summed E-state index contributed by atoms with van der Waals surface area (Å²) in [6, 6.07) is 4.10. The van der Waals surface area contributed by atoms with E-state index < -0.39 is 10.7 Å². The lowest BCUT2D eigenvalue weighted by Crippen LogP contribution is -2.34. The predicted molar refractivity (Wildman–Crippen MR) is 102 cm³/mol. The Balaban J connectivity index is 1.63. The highest BCUT2D eigenvalue weighted by Crippen LogP contribution is 2.27. The molecule has 0 aliphatic carbocycles. The molecule has 2 heterocycles. The van der Waals surface area contributed by atoms with Crippen LogP contribution in [0.1, 0.15) is 6.42 Å². The van der Waals surface area contributed by atoms with Gasteiger partial charge in [0.2, 0.25) is 5.88 Å². The molecule has 1 N–H and O–H groups in total. The third kappa shape index (κ3) is 5.35. The first-order valence-electron chi connectivity index (χ1n) is 8.96. The molecule has 29 heavy (non-hydrogen) atoms. The Morgan fingerprint density at radius 3 is 2.90 bits per heavy atom. The summed E-state index contributed by atoms with van der Waals surface area (Å²) in [6.07, 6.45) is 2.11. The average molecular weight is 404 g/mol. The minimum absolute atomic E-state index is 0.00467. The lowest BCUT2D eigenvalue weighted by Gasteiger charge is -2.18. The summed E-state index contributed by atoms with van der Waals surface area (Å²) in [5.41, 5.74) is -0.385. The number of nitro benzene ring substituents is 1. The molecule has 154 valence electrons. The van der Waals surface area contributed by atoms with Gasteiger partial charge in [0.1, 0.15) is 12.1 Å². The lowest BCUT2D eigenvalue weighted by molar-refractivity contribution is -0.385. The second-order valence-corrected chi connectivity index (χ2v) is 7.01. The van der Waals surface area contributed by atoms with Crippen LogP contribution in [0.2, 0.25) is 0 Å². The molecule has 0 radical (unpaired) electrons. The highest BCUT2D eigenvalue weighted by molar-refractivity contribution is 5.88. The Morgan fingerprint density at radius 1 is 1.41 bits per heavy atom. The number of aromatic nitrogens is 2. The summed E-state index contributed by atoms with van der Waals surface area (Å²) in [5, 5.41) is 13.4. The molecule has 3 rings (SSSR count). The molecule has 0 saturated carbocycles. The van der Waals surface area contributed by atoms with Crippen molar-refractivity contribution in [3.05, 3.63) is 46.5 Å². The van der Waals surface area contributed by atoms with Crippen LogP contribution in [-0.2, 0) is 0 Å². The number of hydrogen-bond acceptors (Lipinski definition) is 7. The van der Waals surface area contributed by atoms with Crippen LogP contribution in [0.5, 0.6) is 11.6 Å². The molecule has 1 aromatic heterocycles. The van der Waals surface area contributed by atoms with Crippen molar-refractivity contribution in [1.82, 2.24) is 19.8 Å². The van der Waals surface area contributed by atoms with E-state index in [1.165, 1.54) is 12.4 Å². The van der Waals surface area contributed by atoms with Crippen molar-refractivity contribution >= 4 is 17.5 Å². The number of halogens is 1. The number of non-ortho nitro benzene ring substituents is 1. The van der Waals surface area contributed by atoms with Crippen molar-refractivity contribution in [2.75, 3.05) is 39.0 Å². The minimum Gasteiger partial charge on any atom is -0.436 e. The number of ether oxygens (including phenoxy) is 1. The zero-order valence-corrected chi connectivity index (χ0v) is 16.0. The van der Waals surface area contributed by atoms with Gasteiger partial charge in [-0.05, 0) is 32.5 Å². The summed E-state index contributed by atoms with van der Waals surface area (Å²) in [6.45, 7) is 2.23. The van der Waals surface area contributed by atoms with E-state index in [-0.39, 0.29) is 29.2 Å². The SMILES string of the molecule is CN(C)C[C@@H]1CCN(C(=O)Nc2cc(Oc3ccc([N+](=O)[O-])cc3F)ncn2)C1. The summed E-state index contributed by atoms with van der Waals surface area (Å²) < 4.78 is 19.3. The molecule has 1 aliphatic heterocycles. The molecular formula is C18H21FN6O4. The molecule has 0 bridgehead atoms. The van der Waals surface area contributed by atoms with Gasteiger partial charge in [-0.1, -0.05) is 0 Å². The number of hydrogen-bond donors (Lipinski definition) is 1. The van der Waals surface area contributed by atoms with E-state index >= 15 is 0 Å². The maximum atomic E-state index is 14.0.